The number of carbonyl (C=O) groups is 1. The molecule has 0 aromatic heterocycles. The van der Waals surface area contributed by atoms with Crippen LogP contribution in [0.15, 0.2) is 0 Å². The van der Waals surface area contributed by atoms with Gasteiger partial charge in [0.15, 0.2) is 0 Å². The van der Waals surface area contributed by atoms with Gasteiger partial charge in [0.2, 0.25) is 5.91 Å². The lowest BCUT2D eigenvalue weighted by Crippen LogP contribution is -2.44. The lowest BCUT2D eigenvalue weighted by atomic mass is 10.0. The first-order chi connectivity index (χ1) is 9.70. The number of nitrogens with zero attached hydrogens (tertiary/aromatic N) is 1. The van der Waals surface area contributed by atoms with Crippen LogP contribution in [0, 0.1) is 17.8 Å². The largest absolute Gasteiger partial charge is 0.325 e. The maximum atomic E-state index is 12.7. The van der Waals surface area contributed by atoms with E-state index in [0.29, 0.717) is 23.9 Å². The third-order valence-corrected chi connectivity index (χ3v) is 5.62. The van der Waals surface area contributed by atoms with Gasteiger partial charge in [-0.2, -0.15) is 0 Å². The monoisotopic (exact) mass is 278 g/mol. The van der Waals surface area contributed by atoms with Crippen LogP contribution in [0.1, 0.15) is 65.2 Å². The topological polar surface area (TPSA) is 32.3 Å². The molecule has 1 aliphatic heterocycles. The van der Waals surface area contributed by atoms with Crippen LogP contribution in [0.3, 0.4) is 0 Å². The molecular formula is C17H30N2O. The Morgan fingerprint density at radius 2 is 1.95 bits per heavy atom. The van der Waals surface area contributed by atoms with Gasteiger partial charge < -0.3 is 4.90 Å². The average Bonchev–Trinajstić information content (AvgIpc) is 3.08. The summed E-state index contributed by atoms with van der Waals surface area (Å²) in [6.07, 6.45) is 10.5. The summed E-state index contributed by atoms with van der Waals surface area (Å²) in [5, 5.41) is 3.67. The molecule has 3 fully saturated rings. The first-order valence-corrected chi connectivity index (χ1v) is 8.77. The van der Waals surface area contributed by atoms with E-state index in [0.717, 1.165) is 25.3 Å². The van der Waals surface area contributed by atoms with E-state index in [2.05, 4.69) is 24.1 Å². The van der Waals surface area contributed by atoms with Crippen molar-refractivity contribution in [1.82, 2.24) is 10.2 Å². The lowest BCUT2D eigenvalue weighted by Gasteiger charge is -2.31. The van der Waals surface area contributed by atoms with E-state index in [4.69, 9.17) is 0 Å². The Morgan fingerprint density at radius 3 is 2.55 bits per heavy atom. The molecule has 0 bridgehead atoms. The van der Waals surface area contributed by atoms with Crippen molar-refractivity contribution < 1.29 is 4.79 Å². The van der Waals surface area contributed by atoms with Crippen molar-refractivity contribution in [3.05, 3.63) is 0 Å². The predicted molar refractivity (Wildman–Crippen MR) is 81.2 cm³/mol. The Bertz CT molecular complexity index is 347. The van der Waals surface area contributed by atoms with Gasteiger partial charge in [0.1, 0.15) is 0 Å². The fourth-order valence-electron chi connectivity index (χ4n) is 4.19. The maximum Gasteiger partial charge on any atom is 0.241 e. The summed E-state index contributed by atoms with van der Waals surface area (Å²) in [6.45, 7) is 5.50. The molecule has 3 heteroatoms. The van der Waals surface area contributed by atoms with Crippen LogP contribution >= 0.6 is 0 Å². The number of hydrogen-bond donors (Lipinski definition) is 1. The van der Waals surface area contributed by atoms with Gasteiger partial charge >= 0.3 is 0 Å². The molecule has 0 aromatic rings. The highest BCUT2D eigenvalue weighted by atomic mass is 16.2. The molecule has 1 amide bonds. The van der Waals surface area contributed by atoms with Gasteiger partial charge in [-0.05, 0) is 49.9 Å². The number of rotatable bonds is 6. The van der Waals surface area contributed by atoms with Crippen LogP contribution in [0.25, 0.3) is 0 Å². The first-order valence-electron chi connectivity index (χ1n) is 8.77. The average molecular weight is 278 g/mol. The molecule has 3 nitrogen and oxygen atoms in total. The van der Waals surface area contributed by atoms with Gasteiger partial charge in [-0.15, -0.1) is 0 Å². The number of hydrogen-bond acceptors (Lipinski definition) is 2. The summed E-state index contributed by atoms with van der Waals surface area (Å²) < 4.78 is 0. The summed E-state index contributed by atoms with van der Waals surface area (Å²) in [5.74, 6) is 2.66. The quantitative estimate of drug-likeness (QED) is 0.809. The van der Waals surface area contributed by atoms with E-state index in [-0.39, 0.29) is 6.04 Å². The van der Waals surface area contributed by atoms with E-state index >= 15 is 0 Å². The Kier molecular flexibility index (Phi) is 4.34. The van der Waals surface area contributed by atoms with Crippen molar-refractivity contribution >= 4 is 5.91 Å². The predicted octanol–water partition coefficient (Wildman–Crippen LogP) is 3.15. The highest BCUT2D eigenvalue weighted by Gasteiger charge is 2.44. The van der Waals surface area contributed by atoms with Crippen LogP contribution in [0.5, 0.6) is 0 Å². The van der Waals surface area contributed by atoms with Crippen molar-refractivity contribution in [3.8, 4) is 0 Å². The standard InChI is InChI=1S/C17H30N2O/c1-3-6-15-17(20)19(11-12(2)13-9-10-13)16(18-15)14-7-4-5-8-14/h12-16,18H,3-11H2,1-2H3. The molecule has 1 heterocycles. The summed E-state index contributed by atoms with van der Waals surface area (Å²) in [7, 11) is 0. The zero-order valence-corrected chi connectivity index (χ0v) is 13.1. The van der Waals surface area contributed by atoms with E-state index in [1.54, 1.807) is 0 Å². The molecule has 0 spiro atoms. The molecule has 3 rings (SSSR count). The van der Waals surface area contributed by atoms with Gasteiger partial charge in [0.25, 0.3) is 0 Å². The van der Waals surface area contributed by atoms with E-state index in [1.165, 1.54) is 38.5 Å². The third-order valence-electron chi connectivity index (χ3n) is 5.62. The minimum atomic E-state index is 0.0944. The van der Waals surface area contributed by atoms with Crippen molar-refractivity contribution in [2.75, 3.05) is 6.54 Å². The van der Waals surface area contributed by atoms with Crippen LogP contribution in [-0.2, 0) is 4.79 Å². The molecule has 1 N–H and O–H groups in total. The Balaban J connectivity index is 1.68. The molecule has 20 heavy (non-hydrogen) atoms. The van der Waals surface area contributed by atoms with Crippen LogP contribution in [0.2, 0.25) is 0 Å². The van der Waals surface area contributed by atoms with Crippen molar-refractivity contribution in [3.63, 3.8) is 0 Å². The second-order valence-corrected chi connectivity index (χ2v) is 7.30. The summed E-state index contributed by atoms with van der Waals surface area (Å²) in [4.78, 5) is 14.9. The Morgan fingerprint density at radius 1 is 1.25 bits per heavy atom. The molecule has 3 unspecified atom stereocenters. The number of nitrogens with one attached hydrogen (secondary N) is 1. The normalized spacial score (nSPS) is 33.1. The fourth-order valence-corrected chi connectivity index (χ4v) is 4.19. The highest BCUT2D eigenvalue weighted by Crippen LogP contribution is 2.39. The Labute approximate surface area is 123 Å². The zero-order chi connectivity index (χ0) is 14.1. The molecular weight excluding hydrogens is 248 g/mol. The number of carbonyl (C=O) groups excluding carboxylic acids is 1. The van der Waals surface area contributed by atoms with Gasteiger partial charge in [-0.1, -0.05) is 33.1 Å². The molecule has 0 radical (unpaired) electrons. The zero-order valence-electron chi connectivity index (χ0n) is 13.1. The van der Waals surface area contributed by atoms with Crippen molar-refractivity contribution in [2.45, 2.75) is 77.4 Å². The molecule has 2 saturated carbocycles. The molecule has 3 atom stereocenters. The molecule has 114 valence electrons. The van der Waals surface area contributed by atoms with Crippen molar-refractivity contribution in [2.24, 2.45) is 17.8 Å². The minimum Gasteiger partial charge on any atom is -0.325 e. The van der Waals surface area contributed by atoms with Gasteiger partial charge in [-0.25, -0.2) is 0 Å². The SMILES string of the molecule is CCCC1NC(C2CCCC2)N(CC(C)C2CC2)C1=O. The van der Waals surface area contributed by atoms with Gasteiger partial charge in [0.05, 0.1) is 12.2 Å². The molecule has 0 aromatic carbocycles. The second kappa shape index (κ2) is 6.05. The third kappa shape index (κ3) is 2.88. The van der Waals surface area contributed by atoms with Crippen LogP contribution < -0.4 is 5.32 Å². The molecule has 3 aliphatic rings. The van der Waals surface area contributed by atoms with Crippen LogP contribution in [-0.4, -0.2) is 29.6 Å². The van der Waals surface area contributed by atoms with E-state index < -0.39 is 0 Å². The van der Waals surface area contributed by atoms with Gasteiger partial charge in [-0.3, -0.25) is 10.1 Å². The molecule has 1 saturated heterocycles. The Hall–Kier alpha value is -0.570. The van der Waals surface area contributed by atoms with Crippen LogP contribution in [0.4, 0.5) is 0 Å². The summed E-state index contributed by atoms with van der Waals surface area (Å²) in [5.41, 5.74) is 0. The highest BCUT2D eigenvalue weighted by molar-refractivity contribution is 5.84. The van der Waals surface area contributed by atoms with E-state index in [1.807, 2.05) is 0 Å². The fraction of sp³-hybridized carbons (Fsp3) is 0.941. The lowest BCUT2D eigenvalue weighted by molar-refractivity contribution is -0.131. The van der Waals surface area contributed by atoms with Crippen molar-refractivity contribution in [1.29, 1.82) is 0 Å². The van der Waals surface area contributed by atoms with E-state index in [9.17, 15) is 4.79 Å². The minimum absolute atomic E-state index is 0.0944. The smallest absolute Gasteiger partial charge is 0.241 e. The number of amides is 1. The maximum absolute atomic E-state index is 12.7. The molecule has 2 aliphatic carbocycles. The summed E-state index contributed by atoms with van der Waals surface area (Å²) >= 11 is 0. The van der Waals surface area contributed by atoms with Gasteiger partial charge in [0, 0.05) is 6.54 Å². The second-order valence-electron chi connectivity index (χ2n) is 7.30. The first kappa shape index (κ1) is 14.4. The summed E-state index contributed by atoms with van der Waals surface area (Å²) in [6, 6.07) is 0.0944.